The van der Waals surface area contributed by atoms with E-state index < -0.39 is 11.1 Å². The van der Waals surface area contributed by atoms with Crippen molar-refractivity contribution in [2.45, 2.75) is 57.7 Å². The van der Waals surface area contributed by atoms with E-state index >= 15 is 0 Å². The number of nitrogens with one attached hydrogen (secondary N) is 1. The highest BCUT2D eigenvalue weighted by molar-refractivity contribution is 7.12. The second-order valence-corrected chi connectivity index (χ2v) is 10.7. The van der Waals surface area contributed by atoms with E-state index in [1.165, 1.54) is 38.2 Å². The molecule has 0 saturated heterocycles. The Hall–Kier alpha value is -2.19. The maximum absolute atomic E-state index is 12.7. The van der Waals surface area contributed by atoms with Crippen molar-refractivity contribution in [3.63, 3.8) is 0 Å². The molecule has 4 rings (SSSR count). The first-order valence-corrected chi connectivity index (χ1v) is 12.9. The Balaban J connectivity index is 1.18. The Morgan fingerprint density at radius 2 is 1.74 bits per heavy atom. The van der Waals surface area contributed by atoms with Gasteiger partial charge in [0.2, 0.25) is 0 Å². The molecule has 34 heavy (non-hydrogen) atoms. The van der Waals surface area contributed by atoms with E-state index in [9.17, 15) is 13.2 Å². The van der Waals surface area contributed by atoms with Gasteiger partial charge in [0.15, 0.2) is 0 Å². The van der Waals surface area contributed by atoms with Crippen molar-refractivity contribution in [1.29, 1.82) is 0 Å². The number of aromatic nitrogens is 2. The number of rotatable bonds is 9. The molecule has 0 amide bonds. The highest BCUT2D eigenvalue weighted by atomic mass is 32.1. The summed E-state index contributed by atoms with van der Waals surface area (Å²) in [7, 11) is 4.04. The highest BCUT2D eigenvalue weighted by Crippen LogP contribution is 2.35. The van der Waals surface area contributed by atoms with Gasteiger partial charge in [0, 0.05) is 37.3 Å². The van der Waals surface area contributed by atoms with Crippen LogP contribution in [0.3, 0.4) is 0 Å². The molecule has 1 aromatic carbocycles. The van der Waals surface area contributed by atoms with Gasteiger partial charge in [-0.25, -0.2) is 9.97 Å². The summed E-state index contributed by atoms with van der Waals surface area (Å²) in [4.78, 5) is 11.9. The van der Waals surface area contributed by atoms with Gasteiger partial charge in [-0.2, -0.15) is 13.2 Å². The molecule has 0 radical (unpaired) electrons. The molecule has 1 N–H and O–H groups in total. The van der Waals surface area contributed by atoms with E-state index in [0.29, 0.717) is 12.5 Å². The van der Waals surface area contributed by atoms with Crippen molar-refractivity contribution in [1.82, 2.24) is 15.3 Å². The standard InChI is InChI=1S/C26H33F3N4S/c1-33(2)25-21-7-3-4-8-22(21)31-24(32-25)9-5-6-18-10-12-19(13-11-18)16-30-17-20-14-15-23(34-20)26(27,28)29/h3-4,7-8,14-15,18-19,30H,5-6,9-13,16-17H2,1-2H3. The number of nitrogens with zero attached hydrogens (tertiary/aromatic N) is 3. The molecule has 8 heteroatoms. The molecular weight excluding hydrogens is 457 g/mol. The average molecular weight is 491 g/mol. The number of hydrogen-bond donors (Lipinski definition) is 1. The lowest BCUT2D eigenvalue weighted by molar-refractivity contribution is -0.134. The Kier molecular flexibility index (Phi) is 8.09. The first kappa shape index (κ1) is 24.9. The summed E-state index contributed by atoms with van der Waals surface area (Å²) >= 11 is 0.836. The normalized spacial score (nSPS) is 19.0. The van der Waals surface area contributed by atoms with Gasteiger partial charge in [-0.15, -0.1) is 11.3 Å². The van der Waals surface area contributed by atoms with E-state index in [2.05, 4.69) is 22.3 Å². The first-order chi connectivity index (χ1) is 16.3. The molecule has 2 heterocycles. The highest BCUT2D eigenvalue weighted by Gasteiger charge is 2.32. The minimum atomic E-state index is -4.24. The monoisotopic (exact) mass is 490 g/mol. The number of aryl methyl sites for hydroxylation is 1. The molecule has 0 atom stereocenters. The number of anilines is 1. The van der Waals surface area contributed by atoms with Crippen LogP contribution in [0.25, 0.3) is 10.9 Å². The molecule has 0 aliphatic heterocycles. The number of thiophene rings is 1. The van der Waals surface area contributed by atoms with Gasteiger partial charge in [-0.05, 0) is 61.9 Å². The van der Waals surface area contributed by atoms with E-state index in [1.807, 2.05) is 26.2 Å². The third-order valence-corrected chi connectivity index (χ3v) is 7.84. The van der Waals surface area contributed by atoms with Crippen molar-refractivity contribution in [3.8, 4) is 0 Å². The van der Waals surface area contributed by atoms with E-state index in [1.54, 1.807) is 6.07 Å². The second-order valence-electron chi connectivity index (χ2n) is 9.55. The minimum Gasteiger partial charge on any atom is -0.362 e. The van der Waals surface area contributed by atoms with Gasteiger partial charge in [-0.3, -0.25) is 0 Å². The van der Waals surface area contributed by atoms with Crippen LogP contribution in [0.2, 0.25) is 0 Å². The van der Waals surface area contributed by atoms with Gasteiger partial charge in [0.25, 0.3) is 0 Å². The summed E-state index contributed by atoms with van der Waals surface area (Å²) in [5.41, 5.74) is 1.00. The molecule has 3 aromatic rings. The van der Waals surface area contributed by atoms with Gasteiger partial charge < -0.3 is 10.2 Å². The Bertz CT molecular complexity index is 1070. The molecule has 1 aliphatic carbocycles. The van der Waals surface area contributed by atoms with Gasteiger partial charge in [-0.1, -0.05) is 31.4 Å². The van der Waals surface area contributed by atoms with Crippen LogP contribution in [0, 0.1) is 11.8 Å². The van der Waals surface area contributed by atoms with Crippen LogP contribution in [0.4, 0.5) is 19.0 Å². The fourth-order valence-electron chi connectivity index (χ4n) is 4.86. The van der Waals surface area contributed by atoms with Crippen molar-refractivity contribution in [2.24, 2.45) is 11.8 Å². The van der Waals surface area contributed by atoms with Crippen LogP contribution in [-0.2, 0) is 19.1 Å². The molecule has 0 unspecified atom stereocenters. The molecule has 184 valence electrons. The number of hydrogen-bond acceptors (Lipinski definition) is 5. The zero-order valence-corrected chi connectivity index (χ0v) is 20.7. The Morgan fingerprint density at radius 3 is 2.44 bits per heavy atom. The summed E-state index contributed by atoms with van der Waals surface area (Å²) < 4.78 is 38.2. The Morgan fingerprint density at radius 1 is 1.00 bits per heavy atom. The number of alkyl halides is 3. The number of benzene rings is 1. The fraction of sp³-hybridized carbons (Fsp3) is 0.538. The quantitative estimate of drug-likeness (QED) is 0.363. The van der Waals surface area contributed by atoms with Crippen LogP contribution >= 0.6 is 11.3 Å². The molecule has 1 aliphatic rings. The van der Waals surface area contributed by atoms with E-state index in [-0.39, 0.29) is 0 Å². The first-order valence-electron chi connectivity index (χ1n) is 12.1. The van der Waals surface area contributed by atoms with Crippen LogP contribution in [0.15, 0.2) is 36.4 Å². The summed E-state index contributed by atoms with van der Waals surface area (Å²) in [6.45, 7) is 1.39. The molecule has 4 nitrogen and oxygen atoms in total. The molecule has 1 fully saturated rings. The van der Waals surface area contributed by atoms with Crippen molar-refractivity contribution in [2.75, 3.05) is 25.5 Å². The third kappa shape index (κ3) is 6.48. The van der Waals surface area contributed by atoms with Gasteiger partial charge >= 0.3 is 6.18 Å². The number of halogens is 3. The minimum absolute atomic E-state index is 0.515. The SMILES string of the molecule is CN(C)c1nc(CCCC2CCC(CNCc3ccc(C(F)(F)F)s3)CC2)nc2ccccc12. The largest absolute Gasteiger partial charge is 0.425 e. The van der Waals surface area contributed by atoms with Crippen LogP contribution in [-0.4, -0.2) is 30.6 Å². The van der Waals surface area contributed by atoms with Gasteiger partial charge in [0.1, 0.15) is 16.5 Å². The van der Waals surface area contributed by atoms with Crippen LogP contribution in [0.5, 0.6) is 0 Å². The predicted molar refractivity (Wildman–Crippen MR) is 133 cm³/mol. The lowest BCUT2D eigenvalue weighted by Gasteiger charge is -2.28. The Labute approximate surface area is 203 Å². The fourth-order valence-corrected chi connectivity index (χ4v) is 5.70. The van der Waals surface area contributed by atoms with Gasteiger partial charge in [0.05, 0.1) is 5.52 Å². The zero-order chi connectivity index (χ0) is 24.1. The lowest BCUT2D eigenvalue weighted by Crippen LogP contribution is -2.26. The second kappa shape index (κ2) is 11.0. The summed E-state index contributed by atoms with van der Waals surface area (Å²) in [6.07, 6.45) is 3.78. The molecular formula is C26H33F3N4S. The smallest absolute Gasteiger partial charge is 0.362 e. The summed E-state index contributed by atoms with van der Waals surface area (Å²) in [5.74, 6) is 3.26. The number of para-hydroxylation sites is 1. The third-order valence-electron chi connectivity index (χ3n) is 6.71. The maximum Gasteiger partial charge on any atom is 0.425 e. The van der Waals surface area contributed by atoms with Crippen molar-refractivity contribution in [3.05, 3.63) is 52.0 Å². The zero-order valence-electron chi connectivity index (χ0n) is 19.9. The van der Waals surface area contributed by atoms with Crippen molar-refractivity contribution >= 4 is 28.1 Å². The van der Waals surface area contributed by atoms with E-state index in [4.69, 9.17) is 9.97 Å². The predicted octanol–water partition coefficient (Wildman–Crippen LogP) is 6.70. The average Bonchev–Trinajstić information content (AvgIpc) is 3.29. The molecule has 2 aromatic heterocycles. The maximum atomic E-state index is 12.7. The van der Waals surface area contributed by atoms with Crippen molar-refractivity contribution < 1.29 is 13.2 Å². The molecule has 1 saturated carbocycles. The molecule has 0 bridgehead atoms. The van der Waals surface area contributed by atoms with Crippen LogP contribution in [0.1, 0.15) is 54.1 Å². The van der Waals surface area contributed by atoms with Crippen LogP contribution < -0.4 is 10.2 Å². The molecule has 0 spiro atoms. The summed E-state index contributed by atoms with van der Waals surface area (Å²) in [5, 5.41) is 4.45. The lowest BCUT2D eigenvalue weighted by atomic mass is 9.80. The topological polar surface area (TPSA) is 41.1 Å². The summed E-state index contributed by atoms with van der Waals surface area (Å²) in [6, 6.07) is 10.9. The van der Waals surface area contributed by atoms with E-state index in [0.717, 1.165) is 64.1 Å². The number of fused-ring (bicyclic) bond motifs is 1.